The molecule has 1 fully saturated rings. The molecule has 1 aliphatic rings. The van der Waals surface area contributed by atoms with Gasteiger partial charge in [-0.3, -0.25) is 4.79 Å². The molecule has 2 N–H and O–H groups in total. The number of rotatable bonds is 4. The fourth-order valence-corrected chi connectivity index (χ4v) is 3.60. The first-order valence-corrected chi connectivity index (χ1v) is 8.74. The van der Waals surface area contributed by atoms with E-state index < -0.39 is 17.1 Å². The zero-order valence-corrected chi connectivity index (χ0v) is 15.1. The van der Waals surface area contributed by atoms with Gasteiger partial charge in [-0.1, -0.05) is 35.9 Å². The highest BCUT2D eigenvalue weighted by molar-refractivity contribution is 6.32. The van der Waals surface area contributed by atoms with Gasteiger partial charge in [0, 0.05) is 32.0 Å². The van der Waals surface area contributed by atoms with Crippen molar-refractivity contribution in [2.24, 2.45) is 0 Å². The minimum Gasteiger partial charge on any atom is -0.389 e. The molecule has 0 aliphatic carbocycles. The third-order valence-corrected chi connectivity index (χ3v) is 5.19. The van der Waals surface area contributed by atoms with Gasteiger partial charge >= 0.3 is 0 Å². The van der Waals surface area contributed by atoms with Crippen LogP contribution in [0.25, 0.3) is 0 Å². The van der Waals surface area contributed by atoms with Crippen molar-refractivity contribution in [3.63, 3.8) is 0 Å². The number of aromatic nitrogens is 2. The van der Waals surface area contributed by atoms with E-state index in [-0.39, 0.29) is 17.0 Å². The minimum absolute atomic E-state index is 0.0569. The zero-order valence-electron chi connectivity index (χ0n) is 14.3. The van der Waals surface area contributed by atoms with Crippen LogP contribution in [0.3, 0.4) is 0 Å². The van der Waals surface area contributed by atoms with Crippen LogP contribution in [-0.4, -0.2) is 34.0 Å². The average molecular weight is 384 g/mol. The van der Waals surface area contributed by atoms with Crippen LogP contribution < -0.4 is 10.5 Å². The number of halogens is 3. The van der Waals surface area contributed by atoms with Crippen LogP contribution in [0.15, 0.2) is 35.3 Å². The SMILES string of the molecule is CC(F)(F)c1ccccc1CC1(O)CCN(c2cn[nH]c(=O)c2Cl)CC1. The lowest BCUT2D eigenvalue weighted by Gasteiger charge is -2.39. The second-order valence-electron chi connectivity index (χ2n) is 6.83. The summed E-state index contributed by atoms with van der Waals surface area (Å²) in [5, 5.41) is 17.0. The molecule has 0 bridgehead atoms. The minimum atomic E-state index is -2.96. The molecular weight excluding hydrogens is 364 g/mol. The number of nitrogens with one attached hydrogen (secondary N) is 1. The number of hydrogen-bond acceptors (Lipinski definition) is 4. The Morgan fingerprint density at radius 1 is 1.35 bits per heavy atom. The molecule has 5 nitrogen and oxygen atoms in total. The molecular formula is C18H20ClF2N3O2. The van der Waals surface area contributed by atoms with Crippen molar-refractivity contribution < 1.29 is 13.9 Å². The molecule has 0 amide bonds. The van der Waals surface area contributed by atoms with Crippen molar-refractivity contribution in [2.75, 3.05) is 18.0 Å². The van der Waals surface area contributed by atoms with Crippen LogP contribution >= 0.6 is 11.6 Å². The standard InChI is InChI=1S/C18H20ClF2N3O2/c1-17(20,21)13-5-3-2-4-12(13)10-18(26)6-8-24(9-7-18)14-11-22-23-16(25)15(14)19/h2-5,11,26H,6-10H2,1H3,(H,23,25). The van der Waals surface area contributed by atoms with E-state index in [1.54, 1.807) is 18.2 Å². The molecule has 1 aliphatic heterocycles. The molecule has 0 spiro atoms. The molecule has 0 saturated carbocycles. The van der Waals surface area contributed by atoms with E-state index in [4.69, 9.17) is 11.6 Å². The third-order valence-electron chi connectivity index (χ3n) is 4.82. The number of benzene rings is 1. The maximum atomic E-state index is 13.8. The molecule has 0 atom stereocenters. The summed E-state index contributed by atoms with van der Waals surface area (Å²) in [4.78, 5) is 13.5. The molecule has 3 rings (SSSR count). The summed E-state index contributed by atoms with van der Waals surface area (Å²) in [6, 6.07) is 6.31. The predicted octanol–water partition coefficient (Wildman–Crippen LogP) is 3.11. The van der Waals surface area contributed by atoms with Crippen molar-refractivity contribution in [3.05, 3.63) is 57.0 Å². The van der Waals surface area contributed by atoms with Crippen molar-refractivity contribution in [1.82, 2.24) is 10.2 Å². The van der Waals surface area contributed by atoms with Gasteiger partial charge in [-0.2, -0.15) is 5.10 Å². The monoisotopic (exact) mass is 383 g/mol. The van der Waals surface area contributed by atoms with Gasteiger partial charge in [0.05, 0.1) is 17.5 Å². The number of anilines is 1. The van der Waals surface area contributed by atoms with E-state index in [2.05, 4.69) is 10.2 Å². The first-order chi connectivity index (χ1) is 12.2. The average Bonchev–Trinajstić information content (AvgIpc) is 2.58. The van der Waals surface area contributed by atoms with E-state index in [0.717, 1.165) is 6.92 Å². The molecule has 2 heterocycles. The van der Waals surface area contributed by atoms with Crippen LogP contribution in [-0.2, 0) is 12.3 Å². The van der Waals surface area contributed by atoms with E-state index in [1.807, 2.05) is 4.90 Å². The zero-order chi connectivity index (χ0) is 18.9. The number of aromatic amines is 1. The maximum Gasteiger partial charge on any atom is 0.285 e. The van der Waals surface area contributed by atoms with Gasteiger partial charge in [-0.25, -0.2) is 13.9 Å². The Balaban J connectivity index is 1.75. The Labute approximate surface area is 154 Å². The van der Waals surface area contributed by atoms with Crippen molar-refractivity contribution in [3.8, 4) is 0 Å². The van der Waals surface area contributed by atoms with E-state index >= 15 is 0 Å². The van der Waals surface area contributed by atoms with Crippen LogP contribution in [0.5, 0.6) is 0 Å². The summed E-state index contributed by atoms with van der Waals surface area (Å²) in [7, 11) is 0. The number of hydrogen-bond donors (Lipinski definition) is 2. The van der Waals surface area contributed by atoms with E-state index in [0.29, 0.717) is 37.2 Å². The molecule has 2 aromatic rings. The smallest absolute Gasteiger partial charge is 0.285 e. The first kappa shape index (κ1) is 18.8. The molecule has 1 aromatic carbocycles. The predicted molar refractivity (Wildman–Crippen MR) is 96.0 cm³/mol. The molecule has 8 heteroatoms. The number of alkyl halides is 2. The molecule has 26 heavy (non-hydrogen) atoms. The van der Waals surface area contributed by atoms with Gasteiger partial charge in [0.1, 0.15) is 5.02 Å². The summed E-state index contributed by atoms with van der Waals surface area (Å²) in [5.74, 6) is -2.96. The van der Waals surface area contributed by atoms with Gasteiger partial charge in [0.2, 0.25) is 0 Å². The lowest BCUT2D eigenvalue weighted by atomic mass is 9.83. The van der Waals surface area contributed by atoms with Crippen LogP contribution in [0.4, 0.5) is 14.5 Å². The van der Waals surface area contributed by atoms with Crippen molar-refractivity contribution in [2.45, 2.75) is 37.7 Å². The van der Waals surface area contributed by atoms with Crippen LogP contribution in [0, 0.1) is 0 Å². The Bertz CT molecular complexity index is 843. The highest BCUT2D eigenvalue weighted by Gasteiger charge is 2.36. The normalized spacial score (nSPS) is 17.3. The van der Waals surface area contributed by atoms with Gasteiger partial charge in [0.15, 0.2) is 0 Å². The summed E-state index contributed by atoms with van der Waals surface area (Å²) in [6.07, 6.45) is 2.38. The quantitative estimate of drug-likeness (QED) is 0.851. The van der Waals surface area contributed by atoms with Gasteiger partial charge in [-0.15, -0.1) is 0 Å². The first-order valence-electron chi connectivity index (χ1n) is 8.36. The second kappa shape index (κ2) is 6.96. The Kier molecular flexibility index (Phi) is 5.03. The Morgan fingerprint density at radius 2 is 2.00 bits per heavy atom. The third kappa shape index (κ3) is 3.88. The molecule has 1 aromatic heterocycles. The van der Waals surface area contributed by atoms with Crippen LogP contribution in [0.2, 0.25) is 5.02 Å². The number of nitrogens with zero attached hydrogens (tertiary/aromatic N) is 2. The van der Waals surface area contributed by atoms with Crippen LogP contribution in [0.1, 0.15) is 30.9 Å². The van der Waals surface area contributed by atoms with E-state index in [1.165, 1.54) is 12.3 Å². The van der Waals surface area contributed by atoms with Gasteiger partial charge in [0.25, 0.3) is 11.5 Å². The number of piperidine rings is 1. The molecule has 140 valence electrons. The molecule has 0 radical (unpaired) electrons. The highest BCUT2D eigenvalue weighted by Crippen LogP contribution is 2.35. The Hall–Kier alpha value is -1.99. The van der Waals surface area contributed by atoms with Gasteiger partial charge < -0.3 is 10.0 Å². The fraction of sp³-hybridized carbons (Fsp3) is 0.444. The lowest BCUT2D eigenvalue weighted by molar-refractivity contribution is 0.00556. The van der Waals surface area contributed by atoms with E-state index in [9.17, 15) is 18.7 Å². The summed E-state index contributed by atoms with van der Waals surface area (Å²) in [5.41, 5.74) is -0.648. The van der Waals surface area contributed by atoms with Crippen molar-refractivity contribution >= 4 is 17.3 Å². The van der Waals surface area contributed by atoms with Gasteiger partial charge in [-0.05, 0) is 18.4 Å². The molecule has 1 saturated heterocycles. The summed E-state index contributed by atoms with van der Waals surface area (Å²) in [6.45, 7) is 1.76. The number of aliphatic hydroxyl groups is 1. The lowest BCUT2D eigenvalue weighted by Crippen LogP contribution is -2.46. The highest BCUT2D eigenvalue weighted by atomic mass is 35.5. The maximum absolute atomic E-state index is 13.8. The Morgan fingerprint density at radius 3 is 2.65 bits per heavy atom. The summed E-state index contributed by atoms with van der Waals surface area (Å²) < 4.78 is 27.6. The van der Waals surface area contributed by atoms with Crippen molar-refractivity contribution in [1.29, 1.82) is 0 Å². The number of H-pyrrole nitrogens is 1. The second-order valence-corrected chi connectivity index (χ2v) is 7.21. The summed E-state index contributed by atoms with van der Waals surface area (Å²) >= 11 is 6.03. The molecule has 0 unspecified atom stereocenters. The largest absolute Gasteiger partial charge is 0.389 e. The topological polar surface area (TPSA) is 69.2 Å². The fourth-order valence-electron chi connectivity index (χ4n) is 3.39.